The van der Waals surface area contributed by atoms with Gasteiger partial charge >= 0.3 is 5.97 Å². The summed E-state index contributed by atoms with van der Waals surface area (Å²) in [7, 11) is 0. The molecule has 0 aromatic rings. The van der Waals surface area contributed by atoms with Crippen molar-refractivity contribution < 1.29 is 24.3 Å². The molecule has 0 atom stereocenters. The van der Waals surface area contributed by atoms with Crippen LogP contribution in [0.15, 0.2) is 0 Å². The molecule has 0 aromatic heterocycles. The first-order chi connectivity index (χ1) is 14.1. The number of hydrogen-bond acceptors (Lipinski definition) is 5. The molecule has 0 unspecified atom stereocenters. The number of carboxylic acids is 1. The Labute approximate surface area is 175 Å². The fourth-order valence-corrected chi connectivity index (χ4v) is 4.05. The van der Waals surface area contributed by atoms with E-state index in [1.807, 2.05) is 0 Å². The lowest BCUT2D eigenvalue weighted by Crippen LogP contribution is -2.64. The molecule has 0 heterocycles. The minimum atomic E-state index is -2.20. The molecule has 1 saturated carbocycles. The molecule has 0 aromatic carbocycles. The Hall–Kier alpha value is -1.56. The van der Waals surface area contributed by atoms with Crippen LogP contribution < -0.4 is 5.32 Å². The molecule has 0 bridgehead atoms. The number of aliphatic carboxylic acids is 1. The highest BCUT2D eigenvalue weighted by Crippen LogP contribution is 2.20. The van der Waals surface area contributed by atoms with Crippen LogP contribution in [-0.4, -0.2) is 41.0 Å². The van der Waals surface area contributed by atoms with Crippen LogP contribution in [0.25, 0.3) is 0 Å². The first kappa shape index (κ1) is 25.5. The lowest BCUT2D eigenvalue weighted by atomic mass is 9.83. The molecule has 6 heteroatoms. The van der Waals surface area contributed by atoms with Crippen molar-refractivity contribution in [1.82, 2.24) is 5.32 Å². The fraction of sp³-hybridized carbons (Fsp3) is 0.826. The van der Waals surface area contributed by atoms with E-state index in [4.69, 9.17) is 0 Å². The Morgan fingerprint density at radius 1 is 0.759 bits per heavy atom. The number of carbonyl (C=O) groups is 4. The van der Waals surface area contributed by atoms with E-state index in [9.17, 15) is 24.3 Å². The molecular weight excluding hydrogens is 370 g/mol. The van der Waals surface area contributed by atoms with Crippen LogP contribution in [-0.2, 0) is 19.2 Å². The summed E-state index contributed by atoms with van der Waals surface area (Å²) in [5.41, 5.74) is -2.20. The van der Waals surface area contributed by atoms with E-state index in [1.54, 1.807) is 0 Å². The number of nitrogens with one attached hydrogen (secondary N) is 1. The van der Waals surface area contributed by atoms with Crippen molar-refractivity contribution >= 4 is 23.8 Å². The molecule has 6 nitrogen and oxygen atoms in total. The summed E-state index contributed by atoms with van der Waals surface area (Å²) < 4.78 is 0. The molecule has 1 rings (SSSR count). The van der Waals surface area contributed by atoms with Crippen molar-refractivity contribution in [3.8, 4) is 0 Å². The molecule has 29 heavy (non-hydrogen) atoms. The number of ketones is 2. The second kappa shape index (κ2) is 15.3. The summed E-state index contributed by atoms with van der Waals surface area (Å²) in [6, 6.07) is 0. The quantitative estimate of drug-likeness (QED) is 0.397. The molecule has 1 aliphatic carbocycles. The van der Waals surface area contributed by atoms with E-state index >= 15 is 0 Å². The third kappa shape index (κ3) is 9.20. The van der Waals surface area contributed by atoms with E-state index in [0.29, 0.717) is 19.1 Å². The lowest BCUT2D eigenvalue weighted by Gasteiger charge is -2.28. The number of carbonyl (C=O) groups excluding carboxylic acids is 3. The molecular formula is C23H39NO5. The molecule has 0 spiro atoms. The van der Waals surface area contributed by atoms with E-state index in [2.05, 4.69) is 5.32 Å². The van der Waals surface area contributed by atoms with Gasteiger partial charge in [-0.1, -0.05) is 77.0 Å². The van der Waals surface area contributed by atoms with Gasteiger partial charge in [-0.05, 0) is 12.8 Å². The Morgan fingerprint density at radius 3 is 1.41 bits per heavy atom. The molecule has 166 valence electrons. The number of carboxylic acid groups (broad SMARTS) is 1. The number of rotatable bonds is 5. The highest BCUT2D eigenvalue weighted by atomic mass is 16.4. The van der Waals surface area contributed by atoms with Crippen molar-refractivity contribution in [2.75, 3.05) is 6.54 Å². The van der Waals surface area contributed by atoms with Gasteiger partial charge in [-0.25, -0.2) is 4.79 Å². The summed E-state index contributed by atoms with van der Waals surface area (Å²) in [5, 5.41) is 12.5. The summed E-state index contributed by atoms with van der Waals surface area (Å²) in [4.78, 5) is 48.4. The van der Waals surface area contributed by atoms with Crippen LogP contribution in [0.3, 0.4) is 0 Å². The largest absolute Gasteiger partial charge is 0.479 e. The maximum Gasteiger partial charge on any atom is 0.339 e. The zero-order valence-electron chi connectivity index (χ0n) is 17.9. The van der Waals surface area contributed by atoms with Gasteiger partial charge in [0.15, 0.2) is 11.6 Å². The lowest BCUT2D eigenvalue weighted by molar-refractivity contribution is -0.155. The monoisotopic (exact) mass is 409 g/mol. The summed E-state index contributed by atoms with van der Waals surface area (Å²) in [6.07, 6.45) is 15.6. The first-order valence-corrected chi connectivity index (χ1v) is 11.5. The molecule has 0 amide bonds. The first-order valence-electron chi connectivity index (χ1n) is 11.5. The van der Waals surface area contributed by atoms with E-state index in [1.165, 1.54) is 38.5 Å². The summed E-state index contributed by atoms with van der Waals surface area (Å²) in [6.45, 7) is 0.00722. The smallest absolute Gasteiger partial charge is 0.339 e. The molecule has 0 radical (unpaired) electrons. The van der Waals surface area contributed by atoms with Crippen LogP contribution >= 0.6 is 0 Å². The van der Waals surface area contributed by atoms with Gasteiger partial charge in [0.2, 0.25) is 5.54 Å². The fourth-order valence-electron chi connectivity index (χ4n) is 4.05. The molecule has 0 aliphatic heterocycles. The van der Waals surface area contributed by atoms with Crippen LogP contribution in [0.2, 0.25) is 0 Å². The van der Waals surface area contributed by atoms with Crippen LogP contribution in [0.1, 0.15) is 109 Å². The van der Waals surface area contributed by atoms with Crippen molar-refractivity contribution in [2.24, 2.45) is 0 Å². The van der Waals surface area contributed by atoms with Crippen molar-refractivity contribution in [3.05, 3.63) is 0 Å². The topological polar surface area (TPSA) is 101 Å². The van der Waals surface area contributed by atoms with Crippen LogP contribution in [0.5, 0.6) is 0 Å². The van der Waals surface area contributed by atoms with Crippen LogP contribution in [0.4, 0.5) is 0 Å². The Kier molecular flexibility index (Phi) is 13.4. The summed E-state index contributed by atoms with van der Waals surface area (Å²) >= 11 is 0. The third-order valence-corrected chi connectivity index (χ3v) is 5.87. The van der Waals surface area contributed by atoms with Gasteiger partial charge in [-0.15, -0.1) is 0 Å². The summed E-state index contributed by atoms with van der Waals surface area (Å²) in [5.74, 6) is -2.58. The normalized spacial score (nSPS) is 21.5. The van der Waals surface area contributed by atoms with E-state index in [-0.39, 0.29) is 25.8 Å². The molecule has 1 fully saturated rings. The van der Waals surface area contributed by atoms with Gasteiger partial charge in [0.1, 0.15) is 6.29 Å². The average molecular weight is 410 g/mol. The number of aldehydes is 1. The molecule has 1 aliphatic rings. The zero-order valence-corrected chi connectivity index (χ0v) is 17.9. The Morgan fingerprint density at radius 2 is 1.10 bits per heavy atom. The van der Waals surface area contributed by atoms with E-state index in [0.717, 1.165) is 38.5 Å². The van der Waals surface area contributed by atoms with Gasteiger partial charge in [-0.2, -0.15) is 0 Å². The Bertz CT molecular complexity index is 487. The second-order valence-electron chi connectivity index (χ2n) is 8.23. The SMILES string of the molecule is O=CCCNC1(C(=O)O)C(=O)CCCCCCCCCCCCCCCCC1=O. The van der Waals surface area contributed by atoms with Gasteiger partial charge in [0.05, 0.1) is 0 Å². The third-order valence-electron chi connectivity index (χ3n) is 5.87. The number of Topliss-reactive ketones (excluding diaryl/α,β-unsaturated/α-hetero) is 2. The van der Waals surface area contributed by atoms with Crippen molar-refractivity contribution in [2.45, 2.75) is 115 Å². The minimum Gasteiger partial charge on any atom is -0.479 e. The van der Waals surface area contributed by atoms with Gasteiger partial charge in [-0.3, -0.25) is 14.9 Å². The second-order valence-corrected chi connectivity index (χ2v) is 8.23. The van der Waals surface area contributed by atoms with Gasteiger partial charge in [0, 0.05) is 25.8 Å². The molecule has 2 N–H and O–H groups in total. The average Bonchev–Trinajstić information content (AvgIpc) is 2.69. The maximum atomic E-state index is 12.9. The van der Waals surface area contributed by atoms with Gasteiger partial charge in [0.25, 0.3) is 0 Å². The van der Waals surface area contributed by atoms with Gasteiger partial charge < -0.3 is 9.90 Å². The number of hydrogen-bond donors (Lipinski definition) is 2. The standard InChI is InChI=1S/C23H39NO5/c25-19-15-18-24-23(22(28)29)20(26)16-13-11-9-7-5-3-1-2-4-6-8-10-12-14-17-21(23)27/h19,24H,1-18H2,(H,28,29). The van der Waals surface area contributed by atoms with E-state index < -0.39 is 23.1 Å². The maximum absolute atomic E-state index is 12.9. The minimum absolute atomic E-state index is 0.00722. The highest BCUT2D eigenvalue weighted by molar-refractivity contribution is 6.27. The van der Waals surface area contributed by atoms with Crippen molar-refractivity contribution in [1.29, 1.82) is 0 Å². The predicted octanol–water partition coefficient (Wildman–Crippen LogP) is 4.38. The van der Waals surface area contributed by atoms with Crippen molar-refractivity contribution in [3.63, 3.8) is 0 Å². The Balaban J connectivity index is 2.81. The van der Waals surface area contributed by atoms with Crippen LogP contribution in [0, 0.1) is 0 Å². The zero-order chi connectivity index (χ0) is 21.4. The molecule has 0 saturated heterocycles. The highest BCUT2D eigenvalue weighted by Gasteiger charge is 2.50. The predicted molar refractivity (Wildman–Crippen MR) is 113 cm³/mol.